The zero-order valence-electron chi connectivity index (χ0n) is 35.8. The number of carbonyl (C=O) groups is 2. The molecule has 0 bridgehead atoms. The summed E-state index contributed by atoms with van der Waals surface area (Å²) in [5, 5.41) is 28.6. The monoisotopic (exact) mass is 891 g/mol. The number of hydrogen-bond acceptors (Lipinski definition) is 13. The molecule has 0 radical (unpaired) electrons. The SMILES string of the molecule is CC(=O)NN=C(CSc1nnc(CCN(CCc2nnc(SCC(=O)NN=C(C)c3ccc(N)cc3)n2-c2ccccc2)c2ccc(C)cc2)n1-c1ccccc1)c1ccc(N)cc1. The summed E-state index contributed by atoms with van der Waals surface area (Å²) in [6.45, 7) is 6.56. The van der Waals surface area contributed by atoms with E-state index in [9.17, 15) is 9.59 Å². The number of thioether (sulfide) groups is 2. The number of para-hydroxylation sites is 2. The quantitative estimate of drug-likeness (QED) is 0.0286. The zero-order valence-corrected chi connectivity index (χ0v) is 37.4. The van der Waals surface area contributed by atoms with Crippen molar-refractivity contribution in [2.24, 2.45) is 10.2 Å². The van der Waals surface area contributed by atoms with Crippen LogP contribution in [0.2, 0.25) is 0 Å². The first-order chi connectivity index (χ1) is 31.1. The summed E-state index contributed by atoms with van der Waals surface area (Å²) in [5.74, 6) is 1.52. The number of nitrogens with one attached hydrogen (secondary N) is 2. The van der Waals surface area contributed by atoms with Gasteiger partial charge in [-0.25, -0.2) is 10.9 Å². The van der Waals surface area contributed by atoms with Gasteiger partial charge in [0.25, 0.3) is 5.91 Å². The third kappa shape index (κ3) is 12.0. The van der Waals surface area contributed by atoms with Gasteiger partial charge in [-0.15, -0.1) is 20.4 Å². The van der Waals surface area contributed by atoms with Crippen molar-refractivity contribution in [2.75, 3.05) is 41.0 Å². The molecule has 2 heterocycles. The van der Waals surface area contributed by atoms with Crippen molar-refractivity contribution in [2.45, 2.75) is 43.9 Å². The number of hydrogen-bond donors (Lipinski definition) is 4. The van der Waals surface area contributed by atoms with Crippen LogP contribution in [0.3, 0.4) is 0 Å². The van der Waals surface area contributed by atoms with Gasteiger partial charge in [0, 0.05) is 67.0 Å². The lowest BCUT2D eigenvalue weighted by Gasteiger charge is -2.25. The second-order valence-electron chi connectivity index (χ2n) is 14.7. The molecular formula is C47H49N13O2S2. The van der Waals surface area contributed by atoms with Gasteiger partial charge in [0.2, 0.25) is 5.91 Å². The maximum absolute atomic E-state index is 13.0. The number of aromatic nitrogens is 6. The highest BCUT2D eigenvalue weighted by atomic mass is 32.2. The van der Waals surface area contributed by atoms with Crippen LogP contribution < -0.4 is 27.2 Å². The van der Waals surface area contributed by atoms with E-state index in [4.69, 9.17) is 16.6 Å². The molecule has 15 nitrogen and oxygen atoms in total. The van der Waals surface area contributed by atoms with Gasteiger partial charge in [0.15, 0.2) is 10.3 Å². The van der Waals surface area contributed by atoms with Crippen LogP contribution in [0.5, 0.6) is 0 Å². The number of amides is 2. The topological polar surface area (TPSA) is 200 Å². The third-order valence-corrected chi connectivity index (χ3v) is 11.8. The van der Waals surface area contributed by atoms with Crippen LogP contribution in [0.25, 0.3) is 11.4 Å². The van der Waals surface area contributed by atoms with Crippen LogP contribution in [0, 0.1) is 6.92 Å². The number of carbonyl (C=O) groups excluding carboxylic acids is 2. The molecule has 0 saturated carbocycles. The molecule has 2 aromatic heterocycles. The lowest BCUT2D eigenvalue weighted by Crippen LogP contribution is -2.29. The maximum Gasteiger partial charge on any atom is 0.250 e. The number of hydrazone groups is 2. The first-order valence-electron chi connectivity index (χ1n) is 20.6. The van der Waals surface area contributed by atoms with Crippen LogP contribution in [-0.4, -0.2) is 77.4 Å². The second-order valence-corrected chi connectivity index (χ2v) is 16.6. The molecular weight excluding hydrogens is 843 g/mol. The average molecular weight is 892 g/mol. The van der Waals surface area contributed by atoms with Crippen molar-refractivity contribution < 1.29 is 9.59 Å². The third-order valence-electron chi connectivity index (χ3n) is 9.98. The molecule has 0 aliphatic heterocycles. The molecule has 0 spiro atoms. The summed E-state index contributed by atoms with van der Waals surface area (Å²) in [4.78, 5) is 27.1. The summed E-state index contributed by atoms with van der Waals surface area (Å²) in [6, 6.07) is 43.1. The Balaban J connectivity index is 1.10. The molecule has 64 heavy (non-hydrogen) atoms. The molecule has 7 rings (SSSR count). The van der Waals surface area contributed by atoms with E-state index < -0.39 is 0 Å². The minimum Gasteiger partial charge on any atom is -0.399 e. The van der Waals surface area contributed by atoms with E-state index in [0.29, 0.717) is 64.8 Å². The highest BCUT2D eigenvalue weighted by Crippen LogP contribution is 2.26. The van der Waals surface area contributed by atoms with Gasteiger partial charge in [-0.3, -0.25) is 18.7 Å². The van der Waals surface area contributed by atoms with Crippen molar-refractivity contribution in [3.8, 4) is 11.4 Å². The van der Waals surface area contributed by atoms with E-state index in [1.54, 1.807) is 12.1 Å². The number of nitrogens with two attached hydrogens (primary N) is 2. The fourth-order valence-corrected chi connectivity index (χ4v) is 8.31. The van der Waals surface area contributed by atoms with E-state index in [-0.39, 0.29) is 17.6 Å². The van der Waals surface area contributed by atoms with E-state index in [0.717, 1.165) is 45.4 Å². The molecule has 0 fully saturated rings. The predicted octanol–water partition coefficient (Wildman–Crippen LogP) is 6.88. The molecule has 2 amide bonds. The smallest absolute Gasteiger partial charge is 0.250 e. The highest BCUT2D eigenvalue weighted by molar-refractivity contribution is 8.00. The Bertz CT molecular complexity index is 2700. The van der Waals surface area contributed by atoms with Gasteiger partial charge in [-0.1, -0.05) is 102 Å². The number of rotatable bonds is 19. The predicted molar refractivity (Wildman–Crippen MR) is 257 cm³/mol. The Hall–Kier alpha value is -7.24. The number of nitrogen functional groups attached to an aromatic ring is 2. The first kappa shape index (κ1) is 44.8. The maximum atomic E-state index is 13.0. The molecule has 0 saturated heterocycles. The summed E-state index contributed by atoms with van der Waals surface area (Å²) in [5.41, 5.74) is 25.4. The van der Waals surface area contributed by atoms with Crippen LogP contribution in [0.1, 0.15) is 42.2 Å². The lowest BCUT2D eigenvalue weighted by molar-refractivity contribution is -0.119. The Morgan fingerprint density at radius 1 is 0.609 bits per heavy atom. The van der Waals surface area contributed by atoms with Crippen molar-refractivity contribution in [3.05, 3.63) is 162 Å². The molecule has 0 aliphatic carbocycles. The van der Waals surface area contributed by atoms with Gasteiger partial charge in [0.05, 0.1) is 17.2 Å². The zero-order chi connectivity index (χ0) is 44.8. The summed E-state index contributed by atoms with van der Waals surface area (Å²) < 4.78 is 4.09. The van der Waals surface area contributed by atoms with Crippen molar-refractivity contribution >= 4 is 63.8 Å². The second kappa shape index (κ2) is 21.7. The lowest BCUT2D eigenvalue weighted by atomic mass is 10.1. The van der Waals surface area contributed by atoms with Gasteiger partial charge >= 0.3 is 0 Å². The van der Waals surface area contributed by atoms with Gasteiger partial charge in [0.1, 0.15) is 11.6 Å². The summed E-state index contributed by atoms with van der Waals surface area (Å²) in [6.07, 6.45) is 1.13. The number of nitrogens with zero attached hydrogens (tertiary/aromatic N) is 9. The molecule has 0 aliphatic rings. The molecule has 0 unspecified atom stereocenters. The minimum atomic E-state index is -0.266. The standard InChI is InChI=1S/C47H49N13O2S2/c1-32-14-24-39(25-15-32)58(28-26-43-53-56-46(59(43)40-10-6-4-7-11-40)63-30-42(52-51-34(3)61)36-18-22-38(49)23-19-36)29-27-44-54-57-47(60(44)41-12-8-5-9-13-41)64-31-45(62)55-50-33(2)35-16-20-37(48)21-17-35/h4-25H,26-31,48-49H2,1-3H3,(H,51,61)(H,55,62). The van der Waals surface area contributed by atoms with Crippen molar-refractivity contribution in [1.82, 2.24) is 40.4 Å². The van der Waals surface area contributed by atoms with Crippen LogP contribution in [-0.2, 0) is 22.4 Å². The molecule has 6 N–H and O–H groups in total. The largest absolute Gasteiger partial charge is 0.399 e. The van der Waals surface area contributed by atoms with Gasteiger partial charge in [-0.2, -0.15) is 10.2 Å². The van der Waals surface area contributed by atoms with Gasteiger partial charge in [-0.05, 0) is 85.6 Å². The molecule has 326 valence electrons. The number of anilines is 3. The first-order valence-corrected chi connectivity index (χ1v) is 22.5. The highest BCUT2D eigenvalue weighted by Gasteiger charge is 2.20. The molecule has 5 aromatic carbocycles. The van der Waals surface area contributed by atoms with E-state index in [1.165, 1.54) is 30.4 Å². The average Bonchev–Trinajstić information content (AvgIpc) is 3.92. The van der Waals surface area contributed by atoms with Gasteiger partial charge < -0.3 is 16.4 Å². The summed E-state index contributed by atoms with van der Waals surface area (Å²) >= 11 is 2.78. The van der Waals surface area contributed by atoms with Crippen LogP contribution in [0.4, 0.5) is 17.1 Å². The molecule has 7 aromatic rings. The van der Waals surface area contributed by atoms with E-state index >= 15 is 0 Å². The normalized spacial score (nSPS) is 11.7. The Labute approximate surface area is 380 Å². The fraction of sp³-hybridized carbons (Fsp3) is 0.191. The number of benzene rings is 5. The Morgan fingerprint density at radius 2 is 1.11 bits per heavy atom. The van der Waals surface area contributed by atoms with E-state index in [2.05, 4.69) is 77.0 Å². The minimum absolute atomic E-state index is 0.0894. The van der Waals surface area contributed by atoms with Crippen LogP contribution in [0.15, 0.2) is 154 Å². The number of aryl methyl sites for hydroxylation is 1. The van der Waals surface area contributed by atoms with E-state index in [1.807, 2.05) is 109 Å². The Morgan fingerprint density at radius 3 is 1.62 bits per heavy atom. The summed E-state index contributed by atoms with van der Waals surface area (Å²) in [7, 11) is 0. The Kier molecular flexibility index (Phi) is 15.2. The molecule has 17 heteroatoms. The van der Waals surface area contributed by atoms with Crippen LogP contribution >= 0.6 is 23.5 Å². The van der Waals surface area contributed by atoms with Crippen molar-refractivity contribution in [1.29, 1.82) is 0 Å². The van der Waals surface area contributed by atoms with Crippen molar-refractivity contribution in [3.63, 3.8) is 0 Å². The molecule has 0 atom stereocenters. The fourth-order valence-electron chi connectivity index (χ4n) is 6.61.